The number of nitrogens with one attached hydrogen (secondary N) is 1. The van der Waals surface area contributed by atoms with Crippen molar-refractivity contribution in [1.82, 2.24) is 14.5 Å². The van der Waals surface area contributed by atoms with Crippen LogP contribution in [0.25, 0.3) is 16.7 Å². The van der Waals surface area contributed by atoms with Crippen LogP contribution in [0.3, 0.4) is 0 Å². The molecule has 0 atom stereocenters. The lowest BCUT2D eigenvalue weighted by Gasteiger charge is -2.12. The van der Waals surface area contributed by atoms with Crippen LogP contribution in [0.2, 0.25) is 9.36 Å². The van der Waals surface area contributed by atoms with Gasteiger partial charge in [-0.1, -0.05) is 29.3 Å². The summed E-state index contributed by atoms with van der Waals surface area (Å²) in [4.78, 5) is 34.3. The Bertz CT molecular complexity index is 1580. The summed E-state index contributed by atoms with van der Waals surface area (Å²) in [7, 11) is -2.03. The number of hydrogen-bond donors (Lipinski definition) is 1. The zero-order valence-corrected chi connectivity index (χ0v) is 21.1. The molecule has 34 heavy (non-hydrogen) atoms. The maximum Gasteiger partial charge on any atom is 0.267 e. The quantitative estimate of drug-likeness (QED) is 0.378. The Morgan fingerprint density at radius 2 is 1.94 bits per heavy atom. The molecule has 0 radical (unpaired) electrons. The predicted octanol–water partition coefficient (Wildman–Crippen LogP) is 4.08. The maximum absolute atomic E-state index is 13.1. The number of rotatable bonds is 7. The van der Waals surface area contributed by atoms with Gasteiger partial charge in [0.1, 0.15) is 21.6 Å². The topological polar surface area (TPSA) is 111 Å². The van der Waals surface area contributed by atoms with Crippen LogP contribution in [-0.2, 0) is 21.1 Å². The highest BCUT2D eigenvalue weighted by Gasteiger charge is 2.21. The summed E-state index contributed by atoms with van der Waals surface area (Å²) in [6, 6.07) is 9.34. The number of aryl methyl sites for hydroxylation is 1. The number of pyridine rings is 1. The number of anilines is 1. The fraction of sp³-hybridized carbons (Fsp3) is 0.182. The standard InChI is InChI=1S/C22H18Cl2N4O4S2/c1-12-27-17-9-18(25-2)16(23)8-15(17)22(30)28(12)20-5-3-13(10-26-20)7-14(29)11-34(31,32)21-6-4-19(24)33-21/h3-6,8-10,25H,7,11H2,1-2H3. The third kappa shape index (κ3) is 4.85. The van der Waals surface area contributed by atoms with E-state index in [0.29, 0.717) is 43.2 Å². The van der Waals surface area contributed by atoms with Gasteiger partial charge in [0.25, 0.3) is 5.56 Å². The van der Waals surface area contributed by atoms with E-state index in [1.807, 2.05) is 0 Å². The smallest absolute Gasteiger partial charge is 0.267 e. The summed E-state index contributed by atoms with van der Waals surface area (Å²) in [5.74, 6) is -0.356. The minimum absolute atomic E-state index is 0.0555. The number of sulfone groups is 1. The van der Waals surface area contributed by atoms with Crippen LogP contribution in [0.15, 0.2) is 51.6 Å². The number of carbonyl (C=O) groups excluding carboxylic acids is 1. The summed E-state index contributed by atoms with van der Waals surface area (Å²) < 4.78 is 26.5. The molecular weight excluding hydrogens is 519 g/mol. The molecule has 0 saturated heterocycles. The number of nitrogens with zero attached hydrogens (tertiary/aromatic N) is 3. The molecule has 8 nitrogen and oxygen atoms in total. The molecule has 4 rings (SSSR count). The largest absolute Gasteiger partial charge is 0.387 e. The van der Waals surface area contributed by atoms with Crippen molar-refractivity contribution < 1.29 is 13.2 Å². The molecule has 3 aromatic heterocycles. The molecular formula is C22H18Cl2N4O4S2. The number of Topliss-reactive ketones (excluding diaryl/α,β-unsaturated/α-hetero) is 1. The summed E-state index contributed by atoms with van der Waals surface area (Å²) in [5.41, 5.74) is 1.36. The highest BCUT2D eigenvalue weighted by Crippen LogP contribution is 2.27. The average molecular weight is 537 g/mol. The number of aromatic nitrogens is 3. The summed E-state index contributed by atoms with van der Waals surface area (Å²) >= 11 is 12.9. The number of thiophene rings is 1. The first-order valence-corrected chi connectivity index (χ1v) is 13.2. The fourth-order valence-electron chi connectivity index (χ4n) is 3.46. The predicted molar refractivity (Wildman–Crippen MR) is 135 cm³/mol. The minimum atomic E-state index is -3.76. The van der Waals surface area contributed by atoms with Gasteiger partial charge in [0.05, 0.1) is 25.9 Å². The van der Waals surface area contributed by atoms with Gasteiger partial charge >= 0.3 is 0 Å². The van der Waals surface area contributed by atoms with Crippen LogP contribution in [0, 0.1) is 6.92 Å². The molecule has 0 saturated carbocycles. The number of halogens is 2. The number of benzene rings is 1. The Kier molecular flexibility index (Phi) is 6.77. The monoisotopic (exact) mass is 536 g/mol. The SMILES string of the molecule is CNc1cc2nc(C)n(-c3ccc(CC(=O)CS(=O)(=O)c4ccc(Cl)s4)cn3)c(=O)c2cc1Cl. The Morgan fingerprint density at radius 3 is 2.56 bits per heavy atom. The van der Waals surface area contributed by atoms with E-state index in [4.69, 9.17) is 23.2 Å². The third-order valence-corrected chi connectivity index (χ3v) is 8.84. The van der Waals surface area contributed by atoms with Crippen LogP contribution in [-0.4, -0.2) is 41.5 Å². The van der Waals surface area contributed by atoms with Gasteiger partial charge in [0.2, 0.25) is 0 Å². The lowest BCUT2D eigenvalue weighted by atomic mass is 10.1. The van der Waals surface area contributed by atoms with Gasteiger partial charge in [-0.25, -0.2) is 23.0 Å². The molecule has 1 aromatic carbocycles. The maximum atomic E-state index is 13.1. The summed E-state index contributed by atoms with van der Waals surface area (Å²) in [6.45, 7) is 1.69. The van der Waals surface area contributed by atoms with Crippen molar-refractivity contribution in [3.05, 3.63) is 73.7 Å². The molecule has 0 aliphatic heterocycles. The fourth-order valence-corrected chi connectivity index (χ4v) is 6.53. The van der Waals surface area contributed by atoms with Crippen molar-refractivity contribution in [2.24, 2.45) is 0 Å². The molecule has 0 aliphatic carbocycles. The normalized spacial score (nSPS) is 11.6. The number of carbonyl (C=O) groups is 1. The van der Waals surface area contributed by atoms with Gasteiger partial charge in [-0.2, -0.15) is 0 Å². The molecule has 0 fully saturated rings. The molecule has 0 aliphatic rings. The summed E-state index contributed by atoms with van der Waals surface area (Å²) in [5, 5.41) is 3.69. The van der Waals surface area contributed by atoms with Crippen LogP contribution in [0.5, 0.6) is 0 Å². The van der Waals surface area contributed by atoms with Crippen LogP contribution >= 0.6 is 34.5 Å². The van der Waals surface area contributed by atoms with Crippen LogP contribution in [0.4, 0.5) is 5.69 Å². The van der Waals surface area contributed by atoms with Gasteiger partial charge < -0.3 is 5.32 Å². The number of ketones is 1. The highest BCUT2D eigenvalue weighted by molar-refractivity contribution is 7.94. The molecule has 1 N–H and O–H groups in total. The van der Waals surface area contributed by atoms with Crippen molar-refractivity contribution in [2.75, 3.05) is 18.1 Å². The van der Waals surface area contributed by atoms with Crippen molar-refractivity contribution in [3.63, 3.8) is 0 Å². The zero-order chi connectivity index (χ0) is 24.6. The van der Waals surface area contributed by atoms with Gasteiger partial charge in [0, 0.05) is 19.7 Å². The average Bonchev–Trinajstić information content (AvgIpc) is 3.22. The molecule has 12 heteroatoms. The van der Waals surface area contributed by atoms with E-state index in [1.54, 1.807) is 38.2 Å². The van der Waals surface area contributed by atoms with Crippen molar-refractivity contribution in [1.29, 1.82) is 0 Å². The number of hydrogen-bond acceptors (Lipinski definition) is 8. The van der Waals surface area contributed by atoms with E-state index in [9.17, 15) is 18.0 Å². The first-order chi connectivity index (χ1) is 16.1. The zero-order valence-electron chi connectivity index (χ0n) is 18.0. The van der Waals surface area contributed by atoms with E-state index < -0.39 is 21.4 Å². The first kappa shape index (κ1) is 24.3. The van der Waals surface area contributed by atoms with E-state index in [2.05, 4.69) is 15.3 Å². The first-order valence-electron chi connectivity index (χ1n) is 9.95. The molecule has 0 bridgehead atoms. The van der Waals surface area contributed by atoms with E-state index in [1.165, 1.54) is 22.9 Å². The molecule has 4 aromatic rings. The van der Waals surface area contributed by atoms with E-state index in [0.717, 1.165) is 11.3 Å². The van der Waals surface area contributed by atoms with Gasteiger partial charge in [-0.15, -0.1) is 11.3 Å². The summed E-state index contributed by atoms with van der Waals surface area (Å²) in [6.07, 6.45) is 1.33. The molecule has 176 valence electrons. The Morgan fingerprint density at radius 1 is 1.18 bits per heavy atom. The number of fused-ring (bicyclic) bond motifs is 1. The van der Waals surface area contributed by atoms with Gasteiger partial charge in [-0.3, -0.25) is 9.59 Å². The van der Waals surface area contributed by atoms with Gasteiger partial charge in [0.15, 0.2) is 15.6 Å². The van der Waals surface area contributed by atoms with Crippen molar-refractivity contribution >= 4 is 66.7 Å². The van der Waals surface area contributed by atoms with Crippen molar-refractivity contribution in [3.8, 4) is 5.82 Å². The Labute approximate surface area is 209 Å². The Balaban J connectivity index is 1.58. The second-order valence-corrected chi connectivity index (χ2v) is 11.8. The second kappa shape index (κ2) is 9.46. The van der Waals surface area contributed by atoms with Crippen LogP contribution in [0.1, 0.15) is 11.4 Å². The van der Waals surface area contributed by atoms with E-state index >= 15 is 0 Å². The molecule has 3 heterocycles. The van der Waals surface area contributed by atoms with Gasteiger partial charge in [-0.05, 0) is 42.8 Å². The van der Waals surface area contributed by atoms with E-state index in [-0.39, 0.29) is 16.2 Å². The second-order valence-electron chi connectivity index (χ2n) is 7.46. The molecule has 0 unspecified atom stereocenters. The molecule has 0 amide bonds. The molecule has 0 spiro atoms. The lowest BCUT2D eigenvalue weighted by molar-refractivity contribution is -0.116. The third-order valence-electron chi connectivity index (χ3n) is 5.04. The van der Waals surface area contributed by atoms with Crippen molar-refractivity contribution in [2.45, 2.75) is 17.6 Å². The Hall–Kier alpha value is -2.79. The van der Waals surface area contributed by atoms with Crippen LogP contribution < -0.4 is 10.9 Å². The highest BCUT2D eigenvalue weighted by atomic mass is 35.5. The minimum Gasteiger partial charge on any atom is -0.387 e. The lowest BCUT2D eigenvalue weighted by Crippen LogP contribution is -2.23.